The molecule has 0 radical (unpaired) electrons. The lowest BCUT2D eigenvalue weighted by atomic mass is 9.33. The van der Waals surface area contributed by atoms with E-state index < -0.39 is 33.9 Å². The second-order valence-electron chi connectivity index (χ2n) is 18.8. The van der Waals surface area contributed by atoms with Crippen LogP contribution in [0.2, 0.25) is 0 Å². The number of carbonyl (C=O) groups is 2. The minimum absolute atomic E-state index is 0.0171. The normalized spacial score (nSPS) is 40.5. The molecule has 1 aliphatic heterocycles. The van der Waals surface area contributed by atoms with Crippen molar-refractivity contribution in [3.05, 3.63) is 41.5 Å². The Balaban J connectivity index is 1.17. The van der Waals surface area contributed by atoms with Gasteiger partial charge >= 0.3 is 18.1 Å². The van der Waals surface area contributed by atoms with Gasteiger partial charge in [0.05, 0.1) is 17.1 Å². The van der Waals surface area contributed by atoms with E-state index in [9.17, 15) is 36.3 Å². The van der Waals surface area contributed by atoms with Crippen molar-refractivity contribution in [2.45, 2.75) is 110 Å². The van der Waals surface area contributed by atoms with Crippen LogP contribution in [0.5, 0.6) is 0 Å². The first-order valence-electron chi connectivity index (χ1n) is 19.8. The smallest absolute Gasteiger partial charge is 0.471 e. The molecule has 5 aliphatic carbocycles. The molecule has 3 N–H and O–H groups in total. The number of alkyl halides is 3. The summed E-state index contributed by atoms with van der Waals surface area (Å²) in [5.74, 6) is -1.65. The van der Waals surface area contributed by atoms with E-state index in [1.807, 2.05) is 12.1 Å². The number of fused-ring (bicyclic) bond motifs is 7. The summed E-state index contributed by atoms with van der Waals surface area (Å²) in [7, 11) is -3.00. The molecule has 12 heteroatoms. The summed E-state index contributed by atoms with van der Waals surface area (Å²) in [6.45, 7) is 14.4. The number of aromatic carboxylic acids is 1. The molecule has 0 aromatic heterocycles. The minimum atomic E-state index is -4.94. The molecule has 0 spiro atoms. The number of carboxylic acids is 1. The van der Waals surface area contributed by atoms with Gasteiger partial charge in [-0.25, -0.2) is 13.2 Å². The SMILES string of the molecule is CC1(C)C(c2ccc(C(=O)O)cc2)=CC[C@]2(C)[C@H]3CC[C@@H]4C5C(NC(=O)C(F)(F)F)CCC5(NCCN5CCS(=O)(=O)CC5)CC[C@@]4(C)[C@]3(C)CC[C@@H]12. The van der Waals surface area contributed by atoms with E-state index in [2.05, 4.69) is 56.2 Å². The molecule has 1 amide bonds. The number of amides is 1. The Bertz CT molecular complexity index is 1750. The largest absolute Gasteiger partial charge is 0.478 e. The Labute approximate surface area is 313 Å². The van der Waals surface area contributed by atoms with Crippen LogP contribution in [0, 0.1) is 45.3 Å². The number of hydrogen-bond acceptors (Lipinski definition) is 6. The summed E-state index contributed by atoms with van der Waals surface area (Å²) < 4.78 is 65.2. The monoisotopic (exact) mass is 761 g/mol. The highest BCUT2D eigenvalue weighted by Gasteiger charge is 2.70. The lowest BCUT2D eigenvalue weighted by Crippen LogP contribution is -2.69. The molecule has 7 rings (SSSR count). The number of sulfone groups is 1. The van der Waals surface area contributed by atoms with Gasteiger partial charge in [0, 0.05) is 43.7 Å². The number of nitrogens with zero attached hydrogens (tertiary/aromatic N) is 1. The molecule has 53 heavy (non-hydrogen) atoms. The van der Waals surface area contributed by atoms with Crippen molar-refractivity contribution in [1.82, 2.24) is 15.5 Å². The molecule has 4 saturated carbocycles. The van der Waals surface area contributed by atoms with Gasteiger partial charge in [-0.05, 0) is 120 Å². The van der Waals surface area contributed by atoms with E-state index in [1.54, 1.807) is 12.1 Å². The fraction of sp³-hybridized carbons (Fsp3) is 0.756. The van der Waals surface area contributed by atoms with Crippen molar-refractivity contribution in [2.75, 3.05) is 37.7 Å². The quantitative estimate of drug-likeness (QED) is 0.275. The second-order valence-corrected chi connectivity index (χ2v) is 21.1. The van der Waals surface area contributed by atoms with Gasteiger partial charge in [0.25, 0.3) is 0 Å². The molecule has 294 valence electrons. The van der Waals surface area contributed by atoms with E-state index in [0.717, 1.165) is 50.5 Å². The van der Waals surface area contributed by atoms with Crippen LogP contribution in [0.4, 0.5) is 13.2 Å². The number of carbonyl (C=O) groups excluding carboxylic acids is 1. The highest BCUT2D eigenvalue weighted by molar-refractivity contribution is 7.91. The zero-order valence-electron chi connectivity index (χ0n) is 31.9. The van der Waals surface area contributed by atoms with Gasteiger partial charge in [-0.2, -0.15) is 13.2 Å². The first-order valence-corrected chi connectivity index (χ1v) is 21.6. The number of rotatable bonds is 7. The number of benzene rings is 1. The molecule has 1 aromatic rings. The second kappa shape index (κ2) is 13.1. The number of halogens is 3. The molecular formula is C41H58F3N3O5S. The van der Waals surface area contributed by atoms with Gasteiger partial charge in [0.15, 0.2) is 9.84 Å². The molecule has 1 saturated heterocycles. The molecule has 6 aliphatic rings. The van der Waals surface area contributed by atoms with Crippen molar-refractivity contribution < 1.29 is 36.3 Å². The highest BCUT2D eigenvalue weighted by Crippen LogP contribution is 2.76. The topological polar surface area (TPSA) is 116 Å². The summed E-state index contributed by atoms with van der Waals surface area (Å²) >= 11 is 0. The molecule has 8 nitrogen and oxygen atoms in total. The third-order valence-corrected chi connectivity index (χ3v) is 18.0. The lowest BCUT2D eigenvalue weighted by molar-refractivity contribution is -0.219. The average molecular weight is 762 g/mol. The predicted molar refractivity (Wildman–Crippen MR) is 199 cm³/mol. The van der Waals surface area contributed by atoms with Crippen molar-refractivity contribution in [2.24, 2.45) is 45.3 Å². The first-order chi connectivity index (χ1) is 24.7. The number of hydrogen-bond donors (Lipinski definition) is 3. The van der Waals surface area contributed by atoms with Crippen molar-refractivity contribution in [1.29, 1.82) is 0 Å². The molecule has 0 bridgehead atoms. The number of allylic oxidation sites excluding steroid dienone is 2. The number of carboxylic acid groups (broad SMARTS) is 1. The minimum Gasteiger partial charge on any atom is -0.478 e. The van der Waals surface area contributed by atoms with Gasteiger partial charge in [0.1, 0.15) is 0 Å². The Morgan fingerprint density at radius 2 is 1.57 bits per heavy atom. The Kier molecular flexibility index (Phi) is 9.57. The van der Waals surface area contributed by atoms with Gasteiger partial charge in [-0.1, -0.05) is 52.8 Å². The standard InChI is InChI=1S/C41H58F3N3O5S/c1-36(2)28(26-6-8-27(9-7-26)34(48)49)12-15-37(3)31(36)14-16-39(5)32(37)11-10-29-33-30(46-35(50)41(42,43)44)13-17-40(33,19-18-38(29,39)4)45-20-21-47-22-24-53(51,52)25-23-47/h6-9,12,29-33,45H,10-11,13-25H2,1-5H3,(H,46,50)(H,48,49)/t29-,30?,31+,32-,33?,37+,38-,39-,40?/m1/s1. The molecule has 1 aromatic carbocycles. The van der Waals surface area contributed by atoms with Gasteiger partial charge in [0.2, 0.25) is 0 Å². The highest BCUT2D eigenvalue weighted by atomic mass is 32.2. The molecule has 5 fully saturated rings. The van der Waals surface area contributed by atoms with Crippen molar-refractivity contribution in [3.63, 3.8) is 0 Å². The number of nitrogens with one attached hydrogen (secondary N) is 2. The van der Waals surface area contributed by atoms with Crippen LogP contribution in [0.3, 0.4) is 0 Å². The average Bonchev–Trinajstić information content (AvgIpc) is 3.43. The fourth-order valence-corrected chi connectivity index (χ4v) is 14.9. The lowest BCUT2D eigenvalue weighted by Gasteiger charge is -2.72. The van der Waals surface area contributed by atoms with Crippen LogP contribution in [0.1, 0.15) is 108 Å². The third kappa shape index (κ3) is 6.28. The van der Waals surface area contributed by atoms with E-state index in [-0.39, 0.29) is 56.1 Å². The Morgan fingerprint density at radius 1 is 0.887 bits per heavy atom. The van der Waals surface area contributed by atoms with Crippen molar-refractivity contribution in [3.8, 4) is 0 Å². The van der Waals surface area contributed by atoms with Gasteiger partial charge in [-0.3, -0.25) is 4.79 Å². The maximum absolute atomic E-state index is 13.7. The van der Waals surface area contributed by atoms with E-state index >= 15 is 0 Å². The first kappa shape index (κ1) is 38.8. The predicted octanol–water partition coefficient (Wildman–Crippen LogP) is 6.96. The summed E-state index contributed by atoms with van der Waals surface area (Å²) in [5.41, 5.74) is 1.93. The van der Waals surface area contributed by atoms with Crippen LogP contribution in [-0.2, 0) is 14.6 Å². The molecule has 3 unspecified atom stereocenters. The maximum Gasteiger partial charge on any atom is 0.471 e. The summed E-state index contributed by atoms with van der Waals surface area (Å²) in [5, 5.41) is 15.8. The summed E-state index contributed by atoms with van der Waals surface area (Å²) in [6, 6.07) is 6.68. The zero-order chi connectivity index (χ0) is 38.4. The maximum atomic E-state index is 13.7. The van der Waals surface area contributed by atoms with Gasteiger partial charge in [-0.15, -0.1) is 0 Å². The molecular weight excluding hydrogens is 704 g/mol. The van der Waals surface area contributed by atoms with Crippen LogP contribution >= 0.6 is 0 Å². The van der Waals surface area contributed by atoms with Gasteiger partial charge < -0.3 is 20.6 Å². The summed E-state index contributed by atoms with van der Waals surface area (Å²) in [6.07, 6.45) is 5.36. The van der Waals surface area contributed by atoms with Crippen LogP contribution in [0.15, 0.2) is 30.3 Å². The Morgan fingerprint density at radius 3 is 2.21 bits per heavy atom. The Hall–Kier alpha value is -2.44. The van der Waals surface area contributed by atoms with E-state index in [1.165, 1.54) is 5.57 Å². The van der Waals surface area contributed by atoms with Crippen LogP contribution in [-0.4, -0.2) is 85.7 Å². The molecule has 9 atom stereocenters. The van der Waals surface area contributed by atoms with Crippen molar-refractivity contribution >= 4 is 27.3 Å². The zero-order valence-corrected chi connectivity index (χ0v) is 32.8. The van der Waals surface area contributed by atoms with E-state index in [4.69, 9.17) is 0 Å². The van der Waals surface area contributed by atoms with E-state index in [0.29, 0.717) is 50.9 Å². The fourth-order valence-electron chi connectivity index (χ4n) is 13.6. The third-order valence-electron chi connectivity index (χ3n) is 16.4. The summed E-state index contributed by atoms with van der Waals surface area (Å²) in [4.78, 5) is 26.2. The van der Waals surface area contributed by atoms with Crippen LogP contribution < -0.4 is 10.6 Å². The van der Waals surface area contributed by atoms with Crippen LogP contribution in [0.25, 0.3) is 5.57 Å². The molecule has 1 heterocycles.